The summed E-state index contributed by atoms with van der Waals surface area (Å²) in [6.07, 6.45) is -0.623. The van der Waals surface area contributed by atoms with Crippen LogP contribution in [0.25, 0.3) is 0 Å². The summed E-state index contributed by atoms with van der Waals surface area (Å²) in [5, 5.41) is 0.652. The smallest absolute Gasteiger partial charge is 0.337 e. The quantitative estimate of drug-likeness (QED) is 0.800. The lowest BCUT2D eigenvalue weighted by molar-refractivity contribution is -0.168. The molecule has 1 unspecified atom stereocenters. The van der Waals surface area contributed by atoms with Crippen molar-refractivity contribution in [3.05, 3.63) is 34.9 Å². The Balaban J connectivity index is 2.18. The van der Waals surface area contributed by atoms with Crippen LogP contribution in [-0.2, 0) is 25.4 Å². The Morgan fingerprint density at radius 2 is 2.05 bits per heavy atom. The molecular weight excluding hydrogens is 268 g/mol. The molecule has 0 bridgehead atoms. The third kappa shape index (κ3) is 3.26. The molecule has 0 aromatic heterocycles. The number of hydrogen-bond donors (Lipinski definition) is 0. The van der Waals surface area contributed by atoms with Crippen LogP contribution >= 0.6 is 11.6 Å². The number of carbonyl (C=O) groups excluding carboxylic acids is 1. The summed E-state index contributed by atoms with van der Waals surface area (Å²) in [4.78, 5) is 11.7. The van der Waals surface area contributed by atoms with Crippen LogP contribution in [0, 0.1) is 0 Å². The van der Waals surface area contributed by atoms with E-state index >= 15 is 0 Å². The van der Waals surface area contributed by atoms with E-state index in [0.717, 1.165) is 5.56 Å². The van der Waals surface area contributed by atoms with Crippen LogP contribution < -0.4 is 0 Å². The highest BCUT2D eigenvalue weighted by Gasteiger charge is 2.45. The zero-order valence-electron chi connectivity index (χ0n) is 11.2. The first-order valence-electron chi connectivity index (χ1n) is 6.10. The molecule has 19 heavy (non-hydrogen) atoms. The third-order valence-electron chi connectivity index (χ3n) is 3.00. The van der Waals surface area contributed by atoms with Crippen LogP contribution in [0.5, 0.6) is 0 Å². The van der Waals surface area contributed by atoms with E-state index < -0.39 is 24.0 Å². The summed E-state index contributed by atoms with van der Waals surface area (Å²) >= 11 is 6.12. The Kier molecular flexibility index (Phi) is 4.13. The second kappa shape index (κ2) is 5.49. The van der Waals surface area contributed by atoms with Crippen molar-refractivity contribution < 1.29 is 19.0 Å². The largest absolute Gasteiger partial charge is 0.467 e. The molecule has 1 aliphatic heterocycles. The number of benzene rings is 1. The minimum Gasteiger partial charge on any atom is -0.467 e. The molecule has 0 aliphatic carbocycles. The Bertz CT molecular complexity index is 472. The summed E-state index contributed by atoms with van der Waals surface area (Å²) < 4.78 is 16.1. The fourth-order valence-electron chi connectivity index (χ4n) is 2.18. The number of halogens is 1. The number of hydrogen-bond acceptors (Lipinski definition) is 4. The van der Waals surface area contributed by atoms with Gasteiger partial charge in [0, 0.05) is 11.4 Å². The molecular formula is C14H17ClO4. The first-order chi connectivity index (χ1) is 8.93. The van der Waals surface area contributed by atoms with Gasteiger partial charge in [0.2, 0.25) is 0 Å². The lowest BCUT2D eigenvalue weighted by Crippen LogP contribution is -2.34. The Hall–Kier alpha value is -1.10. The van der Waals surface area contributed by atoms with Crippen LogP contribution in [0.2, 0.25) is 5.02 Å². The van der Waals surface area contributed by atoms with Crippen molar-refractivity contribution in [2.75, 3.05) is 7.11 Å². The van der Waals surface area contributed by atoms with Crippen molar-refractivity contribution >= 4 is 17.6 Å². The van der Waals surface area contributed by atoms with Gasteiger partial charge in [0.05, 0.1) is 7.11 Å². The molecule has 4 nitrogen and oxygen atoms in total. The molecule has 0 radical (unpaired) electrons. The highest BCUT2D eigenvalue weighted by Crippen LogP contribution is 2.32. The van der Waals surface area contributed by atoms with Gasteiger partial charge in [-0.25, -0.2) is 4.79 Å². The first kappa shape index (κ1) is 14.3. The summed E-state index contributed by atoms with van der Waals surface area (Å²) in [6.45, 7) is 3.55. The Morgan fingerprint density at radius 3 is 2.68 bits per heavy atom. The van der Waals surface area contributed by atoms with Gasteiger partial charge in [-0.05, 0) is 25.5 Å². The first-order valence-corrected chi connectivity index (χ1v) is 6.47. The summed E-state index contributed by atoms with van der Waals surface area (Å²) in [5.74, 6) is -1.23. The molecule has 1 aliphatic rings. The fourth-order valence-corrected chi connectivity index (χ4v) is 2.39. The Labute approximate surface area is 117 Å². The van der Waals surface area contributed by atoms with Gasteiger partial charge in [0.15, 0.2) is 11.9 Å². The SMILES string of the molecule is COC(=O)C1OC(C)(C)O[C@H]1Cc1ccccc1Cl. The number of esters is 1. The van der Waals surface area contributed by atoms with Crippen molar-refractivity contribution in [2.45, 2.75) is 38.3 Å². The molecule has 0 amide bonds. The van der Waals surface area contributed by atoms with Gasteiger partial charge in [-0.1, -0.05) is 29.8 Å². The van der Waals surface area contributed by atoms with Crippen LogP contribution in [0.15, 0.2) is 24.3 Å². The van der Waals surface area contributed by atoms with Crippen LogP contribution in [0.1, 0.15) is 19.4 Å². The molecule has 1 saturated heterocycles. The minimum absolute atomic E-state index is 0.401. The monoisotopic (exact) mass is 284 g/mol. The normalized spacial score (nSPS) is 25.3. The van der Waals surface area contributed by atoms with E-state index in [2.05, 4.69) is 0 Å². The van der Waals surface area contributed by atoms with E-state index in [4.69, 9.17) is 25.8 Å². The van der Waals surface area contributed by atoms with Gasteiger partial charge in [0.1, 0.15) is 6.10 Å². The molecule has 1 aromatic rings. The van der Waals surface area contributed by atoms with Crippen LogP contribution in [0.3, 0.4) is 0 Å². The van der Waals surface area contributed by atoms with Crippen molar-refractivity contribution in [1.82, 2.24) is 0 Å². The maximum absolute atomic E-state index is 11.7. The molecule has 0 N–H and O–H groups in total. The maximum atomic E-state index is 11.7. The van der Waals surface area contributed by atoms with Gasteiger partial charge in [-0.2, -0.15) is 0 Å². The summed E-state index contributed by atoms with van der Waals surface area (Å²) in [5.41, 5.74) is 0.921. The zero-order chi connectivity index (χ0) is 14.0. The van der Waals surface area contributed by atoms with Crippen molar-refractivity contribution in [3.63, 3.8) is 0 Å². The predicted molar refractivity (Wildman–Crippen MR) is 71.0 cm³/mol. The molecule has 104 valence electrons. The standard InChI is InChI=1S/C14H17ClO4/c1-14(2)18-11(12(19-14)13(16)17-3)8-9-6-4-5-7-10(9)15/h4-7,11-12H,8H2,1-3H3/t11-,12?/m0/s1. The molecule has 2 rings (SSSR count). The van der Waals surface area contributed by atoms with Crippen molar-refractivity contribution in [2.24, 2.45) is 0 Å². The van der Waals surface area contributed by atoms with E-state index in [1.807, 2.05) is 24.3 Å². The van der Waals surface area contributed by atoms with Crippen LogP contribution in [0.4, 0.5) is 0 Å². The molecule has 5 heteroatoms. The maximum Gasteiger partial charge on any atom is 0.337 e. The predicted octanol–water partition coefficient (Wildman–Crippen LogP) is 2.58. The van der Waals surface area contributed by atoms with E-state index in [-0.39, 0.29) is 0 Å². The fraction of sp³-hybridized carbons (Fsp3) is 0.500. The number of rotatable bonds is 3. The van der Waals surface area contributed by atoms with Crippen molar-refractivity contribution in [3.8, 4) is 0 Å². The third-order valence-corrected chi connectivity index (χ3v) is 3.36. The molecule has 0 saturated carbocycles. The van der Waals surface area contributed by atoms with Gasteiger partial charge < -0.3 is 14.2 Å². The Morgan fingerprint density at radius 1 is 1.37 bits per heavy atom. The zero-order valence-corrected chi connectivity index (χ0v) is 11.9. The molecule has 0 spiro atoms. The molecule has 1 aromatic carbocycles. The topological polar surface area (TPSA) is 44.8 Å². The van der Waals surface area contributed by atoms with E-state index in [1.54, 1.807) is 13.8 Å². The van der Waals surface area contributed by atoms with Gasteiger partial charge in [-0.3, -0.25) is 0 Å². The lowest BCUT2D eigenvalue weighted by Gasteiger charge is -2.17. The second-order valence-corrected chi connectivity index (χ2v) is 5.32. The summed E-state index contributed by atoms with van der Waals surface area (Å²) in [7, 11) is 1.34. The highest BCUT2D eigenvalue weighted by atomic mass is 35.5. The highest BCUT2D eigenvalue weighted by molar-refractivity contribution is 6.31. The van der Waals surface area contributed by atoms with Gasteiger partial charge in [-0.15, -0.1) is 0 Å². The van der Waals surface area contributed by atoms with Crippen LogP contribution in [-0.4, -0.2) is 31.1 Å². The number of methoxy groups -OCH3 is 1. The summed E-state index contributed by atoms with van der Waals surface area (Å²) in [6, 6.07) is 7.48. The minimum atomic E-state index is -0.801. The van der Waals surface area contributed by atoms with E-state index in [1.165, 1.54) is 7.11 Å². The van der Waals surface area contributed by atoms with Gasteiger partial charge in [0.25, 0.3) is 0 Å². The number of carbonyl (C=O) groups is 1. The molecule has 2 atom stereocenters. The van der Waals surface area contributed by atoms with Gasteiger partial charge >= 0.3 is 5.97 Å². The molecule has 1 fully saturated rings. The lowest BCUT2D eigenvalue weighted by atomic mass is 10.0. The van der Waals surface area contributed by atoms with E-state index in [9.17, 15) is 4.79 Å². The van der Waals surface area contributed by atoms with E-state index in [0.29, 0.717) is 11.4 Å². The second-order valence-electron chi connectivity index (χ2n) is 4.91. The van der Waals surface area contributed by atoms with Crippen molar-refractivity contribution in [1.29, 1.82) is 0 Å². The number of ether oxygens (including phenoxy) is 3. The molecule has 1 heterocycles. The average molecular weight is 285 g/mol. The average Bonchev–Trinajstić information content (AvgIpc) is 2.66.